The Labute approximate surface area is 123 Å². The zero-order valence-corrected chi connectivity index (χ0v) is 11.9. The predicted molar refractivity (Wildman–Crippen MR) is 72.9 cm³/mol. The van der Waals surface area contributed by atoms with Crippen LogP contribution < -0.4 is 5.32 Å². The summed E-state index contributed by atoms with van der Waals surface area (Å²) in [5.74, 6) is -2.47. The van der Waals surface area contributed by atoms with Crippen LogP contribution in [-0.2, 0) is 9.59 Å². The van der Waals surface area contributed by atoms with Crippen molar-refractivity contribution in [3.05, 3.63) is 35.9 Å². The van der Waals surface area contributed by atoms with E-state index in [-0.39, 0.29) is 0 Å². The molecule has 1 aromatic rings. The van der Waals surface area contributed by atoms with E-state index in [4.69, 9.17) is 5.11 Å². The number of hydrogen-bond donors (Lipinski definition) is 2. The van der Waals surface area contributed by atoms with E-state index in [1.165, 1.54) is 0 Å². The lowest BCUT2D eigenvalue weighted by atomic mass is 10.1. The molecule has 0 aromatic heterocycles. The molecule has 2 atom stereocenters. The minimum Gasteiger partial charge on any atom is -0.480 e. The molecule has 0 aliphatic rings. The molecule has 2 N–H and O–H groups in total. The molecular formula is C13H14F3NO3S. The van der Waals surface area contributed by atoms with Crippen LogP contribution in [0.2, 0.25) is 0 Å². The van der Waals surface area contributed by atoms with Gasteiger partial charge < -0.3 is 10.4 Å². The molecule has 0 aliphatic carbocycles. The molecule has 0 radical (unpaired) electrons. The lowest BCUT2D eigenvalue weighted by molar-refractivity contribution is -0.159. The van der Waals surface area contributed by atoms with Crippen molar-refractivity contribution in [2.45, 2.75) is 23.9 Å². The molecule has 0 saturated carbocycles. The van der Waals surface area contributed by atoms with Crippen LogP contribution in [0.5, 0.6) is 0 Å². The number of halogens is 3. The molecule has 1 aromatic carbocycles. The molecule has 0 bridgehead atoms. The number of alkyl halides is 3. The van der Waals surface area contributed by atoms with Crippen molar-refractivity contribution in [3.8, 4) is 0 Å². The number of thioether (sulfide) groups is 1. The van der Waals surface area contributed by atoms with Crippen molar-refractivity contribution in [3.63, 3.8) is 0 Å². The zero-order valence-electron chi connectivity index (χ0n) is 11.1. The Morgan fingerprint density at radius 1 is 1.29 bits per heavy atom. The zero-order chi connectivity index (χ0) is 16.0. The highest BCUT2D eigenvalue weighted by Crippen LogP contribution is 2.27. The van der Waals surface area contributed by atoms with Crippen LogP contribution in [0.3, 0.4) is 0 Å². The van der Waals surface area contributed by atoms with Gasteiger partial charge in [-0.15, -0.1) is 11.8 Å². The van der Waals surface area contributed by atoms with Crippen LogP contribution >= 0.6 is 11.8 Å². The Balaban J connectivity index is 2.83. The largest absolute Gasteiger partial charge is 0.480 e. The van der Waals surface area contributed by atoms with E-state index in [9.17, 15) is 22.8 Å². The van der Waals surface area contributed by atoms with E-state index >= 15 is 0 Å². The lowest BCUT2D eigenvalue weighted by Crippen LogP contribution is -2.45. The first-order valence-corrected chi connectivity index (χ1v) is 7.21. The third-order valence-electron chi connectivity index (χ3n) is 2.63. The molecule has 1 amide bonds. The summed E-state index contributed by atoms with van der Waals surface area (Å²) in [5, 5.41) is 9.97. The van der Waals surface area contributed by atoms with Crippen molar-refractivity contribution in [1.29, 1.82) is 0 Å². The van der Waals surface area contributed by atoms with Crippen LogP contribution in [0, 0.1) is 0 Å². The van der Waals surface area contributed by atoms with Gasteiger partial charge in [0.15, 0.2) is 0 Å². The number of hydrogen-bond acceptors (Lipinski definition) is 3. The van der Waals surface area contributed by atoms with Gasteiger partial charge in [0.2, 0.25) is 5.91 Å². The fourth-order valence-electron chi connectivity index (χ4n) is 1.70. The monoisotopic (exact) mass is 321 g/mol. The molecule has 8 heteroatoms. The molecular weight excluding hydrogens is 307 g/mol. The minimum atomic E-state index is -4.67. The topological polar surface area (TPSA) is 66.4 Å². The second kappa shape index (κ2) is 7.35. The Hall–Kier alpha value is -1.70. The number of carboxylic acid groups (broad SMARTS) is 1. The molecule has 116 valence electrons. The molecule has 0 saturated heterocycles. The van der Waals surface area contributed by atoms with E-state index in [0.717, 1.165) is 11.8 Å². The molecule has 0 spiro atoms. The summed E-state index contributed by atoms with van der Waals surface area (Å²) in [6, 6.07) is 6.44. The smallest absolute Gasteiger partial charge is 0.391 e. The fraction of sp³-hybridized carbons (Fsp3) is 0.385. The van der Waals surface area contributed by atoms with Crippen LogP contribution in [-0.4, -0.2) is 35.5 Å². The van der Waals surface area contributed by atoms with E-state index < -0.39 is 35.8 Å². The van der Waals surface area contributed by atoms with Gasteiger partial charge in [0.1, 0.15) is 11.3 Å². The van der Waals surface area contributed by atoms with E-state index in [1.54, 1.807) is 36.6 Å². The van der Waals surface area contributed by atoms with Crippen molar-refractivity contribution < 1.29 is 27.9 Å². The Bertz CT molecular complexity index is 493. The second-order valence-corrected chi connectivity index (χ2v) is 5.19. The van der Waals surface area contributed by atoms with Crippen LogP contribution in [0.15, 0.2) is 30.3 Å². The molecule has 4 nitrogen and oxygen atoms in total. The highest BCUT2D eigenvalue weighted by atomic mass is 32.2. The van der Waals surface area contributed by atoms with E-state index in [0.29, 0.717) is 5.56 Å². The molecule has 0 fully saturated rings. The summed E-state index contributed by atoms with van der Waals surface area (Å²) in [6.07, 6.45) is -4.65. The average Bonchev–Trinajstić information content (AvgIpc) is 2.38. The second-order valence-electron chi connectivity index (χ2n) is 4.25. The van der Waals surface area contributed by atoms with Gasteiger partial charge in [-0.1, -0.05) is 30.3 Å². The van der Waals surface area contributed by atoms with Crippen molar-refractivity contribution >= 4 is 23.6 Å². The number of carbonyl (C=O) groups excluding carboxylic acids is 1. The van der Waals surface area contributed by atoms with E-state index in [2.05, 4.69) is 0 Å². The van der Waals surface area contributed by atoms with Gasteiger partial charge in [0, 0.05) is 0 Å². The minimum absolute atomic E-state index is 0.596. The highest BCUT2D eigenvalue weighted by molar-refractivity contribution is 7.99. The SMILES string of the molecule is CSC(C(=O)NC(CC(F)(F)F)C(=O)O)c1ccccc1. The van der Waals surface area contributed by atoms with Crippen LogP contribution in [0.25, 0.3) is 0 Å². The summed E-state index contributed by atoms with van der Waals surface area (Å²) >= 11 is 1.12. The molecule has 1 rings (SSSR count). The Kier molecular flexibility index (Phi) is 6.07. The maximum absolute atomic E-state index is 12.3. The summed E-state index contributed by atoms with van der Waals surface area (Å²) in [6.45, 7) is 0. The van der Waals surface area contributed by atoms with Gasteiger partial charge in [-0.05, 0) is 11.8 Å². The van der Waals surface area contributed by atoms with Gasteiger partial charge in [-0.3, -0.25) is 4.79 Å². The standard InChI is InChI=1S/C13H14F3NO3S/c1-21-10(8-5-3-2-4-6-8)11(18)17-9(12(19)20)7-13(14,15)16/h2-6,9-10H,7H2,1H3,(H,17,18)(H,19,20). The van der Waals surface area contributed by atoms with Crippen molar-refractivity contribution in [2.75, 3.05) is 6.26 Å². The average molecular weight is 321 g/mol. The summed E-state index contributed by atoms with van der Waals surface area (Å²) < 4.78 is 36.9. The summed E-state index contributed by atoms with van der Waals surface area (Å²) in [7, 11) is 0. The first kappa shape index (κ1) is 17.4. The first-order valence-electron chi connectivity index (χ1n) is 5.92. The number of amides is 1. The molecule has 21 heavy (non-hydrogen) atoms. The first-order chi connectivity index (χ1) is 9.74. The quantitative estimate of drug-likeness (QED) is 0.845. The number of benzene rings is 1. The van der Waals surface area contributed by atoms with E-state index in [1.807, 2.05) is 5.32 Å². The molecule has 0 heterocycles. The third-order valence-corrected chi connectivity index (χ3v) is 3.58. The van der Waals surface area contributed by atoms with Crippen LogP contribution in [0.4, 0.5) is 13.2 Å². The predicted octanol–water partition coefficient (Wildman–Crippen LogP) is 2.61. The summed E-state index contributed by atoms with van der Waals surface area (Å²) in [5.41, 5.74) is 0.596. The Morgan fingerprint density at radius 2 is 1.86 bits per heavy atom. The number of nitrogens with one attached hydrogen (secondary N) is 1. The lowest BCUT2D eigenvalue weighted by Gasteiger charge is -2.20. The maximum Gasteiger partial charge on any atom is 0.391 e. The number of aliphatic carboxylic acids is 1. The van der Waals surface area contributed by atoms with Crippen molar-refractivity contribution in [2.24, 2.45) is 0 Å². The van der Waals surface area contributed by atoms with Gasteiger partial charge in [0.05, 0.1) is 6.42 Å². The molecule has 0 aliphatic heterocycles. The van der Waals surface area contributed by atoms with Gasteiger partial charge in [0.25, 0.3) is 0 Å². The summed E-state index contributed by atoms with van der Waals surface area (Å²) in [4.78, 5) is 22.9. The number of carbonyl (C=O) groups is 2. The normalized spacial score (nSPS) is 14.3. The molecule has 2 unspecified atom stereocenters. The highest BCUT2D eigenvalue weighted by Gasteiger charge is 2.37. The Morgan fingerprint density at radius 3 is 2.29 bits per heavy atom. The maximum atomic E-state index is 12.3. The number of rotatable bonds is 6. The third kappa shape index (κ3) is 5.66. The van der Waals surface area contributed by atoms with Gasteiger partial charge in [-0.25, -0.2) is 4.79 Å². The van der Waals surface area contributed by atoms with Gasteiger partial charge in [-0.2, -0.15) is 13.2 Å². The van der Waals surface area contributed by atoms with Crippen LogP contribution in [0.1, 0.15) is 17.2 Å². The van der Waals surface area contributed by atoms with Crippen molar-refractivity contribution in [1.82, 2.24) is 5.32 Å². The van der Waals surface area contributed by atoms with Gasteiger partial charge >= 0.3 is 12.1 Å². The fourth-order valence-corrected chi connectivity index (χ4v) is 2.41. The number of carboxylic acids is 1.